The summed E-state index contributed by atoms with van der Waals surface area (Å²) in [5, 5.41) is 11.1. The van der Waals surface area contributed by atoms with E-state index in [1.54, 1.807) is 30.3 Å². The van der Waals surface area contributed by atoms with Gasteiger partial charge in [0.05, 0.1) is 9.95 Å². The number of hydrogen-bond donors (Lipinski definition) is 1. The molecule has 5 nitrogen and oxygen atoms in total. The molecule has 0 amide bonds. The quantitative estimate of drug-likeness (QED) is 0.398. The molecule has 0 atom stereocenters. The molecule has 1 aromatic heterocycles. The molecular formula is C12H8N2O3S. The first-order chi connectivity index (χ1) is 8.59. The predicted molar refractivity (Wildman–Crippen MR) is 68.0 cm³/mol. The van der Waals surface area contributed by atoms with Gasteiger partial charge in [-0.2, -0.15) is 0 Å². The third kappa shape index (κ3) is 2.38. The number of aromatic nitrogens is 1. The summed E-state index contributed by atoms with van der Waals surface area (Å²) >= 11 is 3.99. The van der Waals surface area contributed by atoms with Gasteiger partial charge in [-0.15, -0.1) is 12.6 Å². The lowest BCUT2D eigenvalue weighted by atomic mass is 10.1. The van der Waals surface area contributed by atoms with Crippen LogP contribution in [0, 0.1) is 10.1 Å². The van der Waals surface area contributed by atoms with Gasteiger partial charge in [-0.3, -0.25) is 14.9 Å². The van der Waals surface area contributed by atoms with Crippen LogP contribution < -0.4 is 0 Å². The number of pyridine rings is 1. The van der Waals surface area contributed by atoms with E-state index in [1.807, 2.05) is 0 Å². The molecular weight excluding hydrogens is 252 g/mol. The minimum absolute atomic E-state index is 0.196. The SMILES string of the molecule is O=C(c1ccccc1)c1nc(S)ccc1[N+](=O)[O-]. The summed E-state index contributed by atoms with van der Waals surface area (Å²) in [4.78, 5) is 26.2. The maximum Gasteiger partial charge on any atom is 0.299 e. The van der Waals surface area contributed by atoms with Gasteiger partial charge in [0.25, 0.3) is 5.69 Å². The van der Waals surface area contributed by atoms with Crippen LogP contribution in [0.4, 0.5) is 5.69 Å². The van der Waals surface area contributed by atoms with Crippen molar-refractivity contribution < 1.29 is 9.72 Å². The summed E-state index contributed by atoms with van der Waals surface area (Å²) in [7, 11) is 0. The van der Waals surface area contributed by atoms with Crippen molar-refractivity contribution in [2.45, 2.75) is 5.03 Å². The van der Waals surface area contributed by atoms with Gasteiger partial charge in [-0.1, -0.05) is 30.3 Å². The molecule has 6 heteroatoms. The number of thiol groups is 1. The molecule has 0 spiro atoms. The topological polar surface area (TPSA) is 73.1 Å². The Kier molecular flexibility index (Phi) is 3.38. The second-order valence-corrected chi connectivity index (χ2v) is 3.95. The maximum atomic E-state index is 12.1. The summed E-state index contributed by atoms with van der Waals surface area (Å²) < 4.78 is 0. The minimum Gasteiger partial charge on any atom is -0.287 e. The lowest BCUT2D eigenvalue weighted by molar-refractivity contribution is -0.385. The Balaban J connectivity index is 2.54. The molecule has 1 aromatic carbocycles. The highest BCUT2D eigenvalue weighted by atomic mass is 32.1. The summed E-state index contributed by atoms with van der Waals surface area (Å²) in [6, 6.07) is 10.9. The Labute approximate surface area is 108 Å². The highest BCUT2D eigenvalue weighted by Crippen LogP contribution is 2.21. The van der Waals surface area contributed by atoms with E-state index in [0.29, 0.717) is 5.56 Å². The fourth-order valence-corrected chi connectivity index (χ4v) is 1.66. The van der Waals surface area contributed by atoms with Gasteiger partial charge in [-0.25, -0.2) is 4.98 Å². The van der Waals surface area contributed by atoms with Crippen LogP contribution in [-0.2, 0) is 0 Å². The zero-order valence-electron chi connectivity index (χ0n) is 9.11. The number of carbonyl (C=O) groups excluding carboxylic acids is 1. The molecule has 0 aliphatic rings. The van der Waals surface area contributed by atoms with Crippen LogP contribution in [0.1, 0.15) is 16.1 Å². The smallest absolute Gasteiger partial charge is 0.287 e. The van der Waals surface area contributed by atoms with Crippen molar-refractivity contribution in [2.75, 3.05) is 0 Å². The Morgan fingerprint density at radius 2 is 1.83 bits per heavy atom. The molecule has 0 aliphatic carbocycles. The van der Waals surface area contributed by atoms with Crippen molar-refractivity contribution >= 4 is 24.1 Å². The van der Waals surface area contributed by atoms with E-state index in [4.69, 9.17) is 0 Å². The molecule has 1 heterocycles. The summed E-state index contributed by atoms with van der Waals surface area (Å²) in [5.41, 5.74) is -0.160. The zero-order valence-corrected chi connectivity index (χ0v) is 10.0. The second kappa shape index (κ2) is 4.97. The van der Waals surface area contributed by atoms with Crippen LogP contribution in [0.25, 0.3) is 0 Å². The number of ketones is 1. The summed E-state index contributed by atoms with van der Waals surface area (Å²) in [5.74, 6) is -0.488. The maximum absolute atomic E-state index is 12.1. The third-order valence-electron chi connectivity index (χ3n) is 2.31. The van der Waals surface area contributed by atoms with Crippen LogP contribution in [0.3, 0.4) is 0 Å². The number of benzene rings is 1. The Bertz CT molecular complexity index is 614. The molecule has 2 rings (SSSR count). The first-order valence-corrected chi connectivity index (χ1v) is 5.48. The van der Waals surface area contributed by atoms with Crippen LogP contribution in [0.2, 0.25) is 0 Å². The summed E-state index contributed by atoms with van der Waals surface area (Å²) in [6.45, 7) is 0. The average molecular weight is 260 g/mol. The Morgan fingerprint density at radius 1 is 1.17 bits per heavy atom. The van der Waals surface area contributed by atoms with Gasteiger partial charge in [-0.05, 0) is 6.07 Å². The molecule has 0 radical (unpaired) electrons. The van der Waals surface area contributed by atoms with E-state index in [9.17, 15) is 14.9 Å². The number of nitrogens with zero attached hydrogens (tertiary/aromatic N) is 2. The van der Waals surface area contributed by atoms with Crippen molar-refractivity contribution in [1.29, 1.82) is 0 Å². The highest BCUT2D eigenvalue weighted by Gasteiger charge is 2.23. The van der Waals surface area contributed by atoms with E-state index in [2.05, 4.69) is 17.6 Å². The molecule has 0 N–H and O–H groups in total. The van der Waals surface area contributed by atoms with Gasteiger partial charge < -0.3 is 0 Å². The monoisotopic (exact) mass is 260 g/mol. The molecule has 90 valence electrons. The fourth-order valence-electron chi connectivity index (χ4n) is 1.48. The highest BCUT2D eigenvalue weighted by molar-refractivity contribution is 7.80. The number of hydrogen-bond acceptors (Lipinski definition) is 5. The number of carbonyl (C=O) groups is 1. The average Bonchev–Trinajstić information content (AvgIpc) is 2.38. The van der Waals surface area contributed by atoms with Gasteiger partial charge in [0.1, 0.15) is 0 Å². The van der Waals surface area contributed by atoms with Crippen molar-refractivity contribution in [3.05, 3.63) is 63.8 Å². The van der Waals surface area contributed by atoms with Gasteiger partial charge >= 0.3 is 0 Å². The van der Waals surface area contributed by atoms with E-state index in [-0.39, 0.29) is 16.4 Å². The molecule has 0 saturated heterocycles. The van der Waals surface area contributed by atoms with Crippen LogP contribution in [-0.4, -0.2) is 15.7 Å². The molecule has 0 fully saturated rings. The van der Waals surface area contributed by atoms with Crippen molar-refractivity contribution in [3.63, 3.8) is 0 Å². The van der Waals surface area contributed by atoms with Crippen molar-refractivity contribution in [1.82, 2.24) is 4.98 Å². The predicted octanol–water partition coefficient (Wildman–Crippen LogP) is 2.51. The van der Waals surface area contributed by atoms with Gasteiger partial charge in [0.15, 0.2) is 5.69 Å². The van der Waals surface area contributed by atoms with E-state index >= 15 is 0 Å². The molecule has 0 aliphatic heterocycles. The molecule has 0 unspecified atom stereocenters. The number of nitro groups is 1. The van der Waals surface area contributed by atoms with E-state index < -0.39 is 10.7 Å². The molecule has 0 saturated carbocycles. The third-order valence-corrected chi connectivity index (χ3v) is 2.56. The lowest BCUT2D eigenvalue weighted by Gasteiger charge is -2.02. The van der Waals surface area contributed by atoms with Crippen LogP contribution >= 0.6 is 12.6 Å². The molecule has 2 aromatic rings. The van der Waals surface area contributed by atoms with E-state index in [0.717, 1.165) is 0 Å². The Morgan fingerprint density at radius 3 is 2.44 bits per heavy atom. The normalized spacial score (nSPS) is 10.1. The van der Waals surface area contributed by atoms with Gasteiger partial charge in [0, 0.05) is 11.6 Å². The van der Waals surface area contributed by atoms with Crippen LogP contribution in [0.15, 0.2) is 47.5 Å². The lowest BCUT2D eigenvalue weighted by Crippen LogP contribution is -2.08. The van der Waals surface area contributed by atoms with Crippen molar-refractivity contribution in [3.8, 4) is 0 Å². The molecule has 0 bridgehead atoms. The van der Waals surface area contributed by atoms with Gasteiger partial charge in [0.2, 0.25) is 5.78 Å². The first-order valence-electron chi connectivity index (χ1n) is 5.04. The second-order valence-electron chi connectivity index (χ2n) is 3.49. The summed E-state index contributed by atoms with van der Waals surface area (Å²) in [6.07, 6.45) is 0. The fraction of sp³-hybridized carbons (Fsp3) is 0. The van der Waals surface area contributed by atoms with Crippen molar-refractivity contribution in [2.24, 2.45) is 0 Å². The largest absolute Gasteiger partial charge is 0.299 e. The number of rotatable bonds is 3. The Hall–Kier alpha value is -2.21. The minimum atomic E-state index is -0.629. The standard InChI is InChI=1S/C12H8N2O3S/c15-12(8-4-2-1-3-5-8)11-9(14(16)17)6-7-10(18)13-11/h1-7H,(H,13,18). The van der Waals surface area contributed by atoms with Crippen LogP contribution in [0.5, 0.6) is 0 Å². The first kappa shape index (κ1) is 12.3. The zero-order chi connectivity index (χ0) is 13.1. The van der Waals surface area contributed by atoms with E-state index in [1.165, 1.54) is 12.1 Å². The molecule has 18 heavy (non-hydrogen) atoms.